The molecule has 1 aromatic rings. The summed E-state index contributed by atoms with van der Waals surface area (Å²) in [6.45, 7) is 20.8. The van der Waals surface area contributed by atoms with Crippen LogP contribution in [0.2, 0.25) is 0 Å². The first-order chi connectivity index (χ1) is 11.5. The summed E-state index contributed by atoms with van der Waals surface area (Å²) in [6, 6.07) is 0. The van der Waals surface area contributed by atoms with Crippen LogP contribution in [0.25, 0.3) is 17.1 Å². The van der Waals surface area contributed by atoms with Crippen LogP contribution in [-0.2, 0) is 0 Å². The second kappa shape index (κ2) is 10.4. The summed E-state index contributed by atoms with van der Waals surface area (Å²) in [5.74, 6) is 1.55. The van der Waals surface area contributed by atoms with E-state index in [9.17, 15) is 0 Å². The molecule has 1 rings (SSSR count). The molecule has 0 fully saturated rings. The molecule has 6 heteroatoms. The van der Waals surface area contributed by atoms with E-state index in [4.69, 9.17) is 0 Å². The molecule has 0 aliphatic heterocycles. The van der Waals surface area contributed by atoms with Crippen molar-refractivity contribution in [1.82, 2.24) is 30.9 Å². The Hall–Kier alpha value is -2.37. The minimum absolute atomic E-state index is 0.516. The monoisotopic (exact) mass is 330 g/mol. The van der Waals surface area contributed by atoms with Gasteiger partial charge in [-0.2, -0.15) is 0 Å². The summed E-state index contributed by atoms with van der Waals surface area (Å²) in [4.78, 5) is 13.5. The average Bonchev–Trinajstić information content (AvgIpc) is 2.61. The van der Waals surface area contributed by atoms with E-state index in [2.05, 4.69) is 71.4 Å². The van der Waals surface area contributed by atoms with Gasteiger partial charge in [-0.15, -0.1) is 0 Å². The Kier molecular flexibility index (Phi) is 8.54. The SMILES string of the molecule is C=C(NCCC)c1nc(C(=C)NCCC)nc(C(=C)NCCC)n1. The molecule has 3 N–H and O–H groups in total. The molecule has 0 aliphatic rings. The van der Waals surface area contributed by atoms with Gasteiger partial charge in [0.25, 0.3) is 0 Å². The van der Waals surface area contributed by atoms with Gasteiger partial charge < -0.3 is 16.0 Å². The van der Waals surface area contributed by atoms with E-state index in [1.165, 1.54) is 0 Å². The predicted molar refractivity (Wildman–Crippen MR) is 102 cm³/mol. The van der Waals surface area contributed by atoms with E-state index in [0.29, 0.717) is 34.6 Å². The van der Waals surface area contributed by atoms with Crippen LogP contribution in [-0.4, -0.2) is 34.6 Å². The van der Waals surface area contributed by atoms with Crippen molar-refractivity contribution in [2.24, 2.45) is 0 Å². The van der Waals surface area contributed by atoms with Crippen LogP contribution in [0, 0.1) is 0 Å². The Morgan fingerprint density at radius 1 is 0.625 bits per heavy atom. The molecule has 132 valence electrons. The minimum Gasteiger partial charge on any atom is -0.382 e. The molecule has 0 aromatic carbocycles. The van der Waals surface area contributed by atoms with Crippen LogP contribution in [0.4, 0.5) is 0 Å². The van der Waals surface area contributed by atoms with Gasteiger partial charge in [-0.25, -0.2) is 15.0 Å². The highest BCUT2D eigenvalue weighted by Crippen LogP contribution is 2.12. The van der Waals surface area contributed by atoms with Crippen molar-refractivity contribution in [2.45, 2.75) is 40.0 Å². The number of rotatable bonds is 12. The molecular formula is C18H30N6. The van der Waals surface area contributed by atoms with Gasteiger partial charge in [0.2, 0.25) is 0 Å². The normalized spacial score (nSPS) is 10.1. The molecule has 0 amide bonds. The fourth-order valence-electron chi connectivity index (χ4n) is 1.85. The maximum atomic E-state index is 4.49. The maximum absolute atomic E-state index is 4.49. The standard InChI is InChI=1S/C18H30N6/c1-7-10-19-13(4)16-22-17(14(5)20-11-8-2)24-18(23-16)15(6)21-12-9-3/h19-21H,4-12H2,1-3H3. The molecule has 6 nitrogen and oxygen atoms in total. The van der Waals surface area contributed by atoms with Crippen molar-refractivity contribution in [3.05, 3.63) is 37.2 Å². The number of aromatic nitrogens is 3. The van der Waals surface area contributed by atoms with Crippen LogP contribution in [0.3, 0.4) is 0 Å². The van der Waals surface area contributed by atoms with Crippen molar-refractivity contribution in [2.75, 3.05) is 19.6 Å². The fourth-order valence-corrected chi connectivity index (χ4v) is 1.85. The minimum atomic E-state index is 0.516. The number of hydrogen-bond acceptors (Lipinski definition) is 6. The van der Waals surface area contributed by atoms with Crippen LogP contribution < -0.4 is 16.0 Å². The summed E-state index contributed by atoms with van der Waals surface area (Å²) >= 11 is 0. The Morgan fingerprint density at radius 3 is 1.08 bits per heavy atom. The van der Waals surface area contributed by atoms with E-state index in [1.54, 1.807) is 0 Å². The molecular weight excluding hydrogens is 300 g/mol. The summed E-state index contributed by atoms with van der Waals surface area (Å²) in [7, 11) is 0. The lowest BCUT2D eigenvalue weighted by molar-refractivity contribution is 0.787. The molecule has 0 saturated heterocycles. The lowest BCUT2D eigenvalue weighted by atomic mass is 10.3. The van der Waals surface area contributed by atoms with E-state index in [1.807, 2.05) is 0 Å². The molecule has 0 spiro atoms. The van der Waals surface area contributed by atoms with Crippen molar-refractivity contribution in [3.8, 4) is 0 Å². The second-order valence-electron chi connectivity index (χ2n) is 5.52. The van der Waals surface area contributed by atoms with Crippen molar-refractivity contribution < 1.29 is 0 Å². The van der Waals surface area contributed by atoms with Crippen LogP contribution in [0.15, 0.2) is 19.7 Å². The van der Waals surface area contributed by atoms with Gasteiger partial charge in [-0.05, 0) is 19.3 Å². The lowest BCUT2D eigenvalue weighted by Gasteiger charge is -2.14. The highest BCUT2D eigenvalue weighted by atomic mass is 15.1. The van der Waals surface area contributed by atoms with Gasteiger partial charge in [0.1, 0.15) is 0 Å². The summed E-state index contributed by atoms with van der Waals surface area (Å²) in [5.41, 5.74) is 2.02. The van der Waals surface area contributed by atoms with Gasteiger partial charge in [-0.3, -0.25) is 0 Å². The Labute approximate surface area is 145 Å². The van der Waals surface area contributed by atoms with Gasteiger partial charge >= 0.3 is 0 Å². The molecule has 0 radical (unpaired) electrons. The van der Waals surface area contributed by atoms with Crippen LogP contribution in [0.1, 0.15) is 57.5 Å². The average molecular weight is 330 g/mol. The van der Waals surface area contributed by atoms with Crippen molar-refractivity contribution in [3.63, 3.8) is 0 Å². The molecule has 0 bridgehead atoms. The Balaban J connectivity index is 3.11. The summed E-state index contributed by atoms with van der Waals surface area (Å²) < 4.78 is 0. The molecule has 1 heterocycles. The van der Waals surface area contributed by atoms with E-state index in [0.717, 1.165) is 38.9 Å². The first kappa shape index (κ1) is 19.7. The van der Waals surface area contributed by atoms with E-state index >= 15 is 0 Å². The van der Waals surface area contributed by atoms with Gasteiger partial charge in [0.05, 0.1) is 17.1 Å². The summed E-state index contributed by atoms with van der Waals surface area (Å²) in [5, 5.41) is 9.66. The zero-order valence-electron chi connectivity index (χ0n) is 15.2. The second-order valence-corrected chi connectivity index (χ2v) is 5.52. The van der Waals surface area contributed by atoms with Crippen molar-refractivity contribution >= 4 is 17.1 Å². The highest BCUT2D eigenvalue weighted by Gasteiger charge is 2.13. The third-order valence-corrected chi connectivity index (χ3v) is 3.21. The topological polar surface area (TPSA) is 74.8 Å². The van der Waals surface area contributed by atoms with E-state index < -0.39 is 0 Å². The number of nitrogens with one attached hydrogen (secondary N) is 3. The number of hydrogen-bond donors (Lipinski definition) is 3. The van der Waals surface area contributed by atoms with Crippen LogP contribution in [0.5, 0.6) is 0 Å². The van der Waals surface area contributed by atoms with Gasteiger partial charge in [0, 0.05) is 19.6 Å². The lowest BCUT2D eigenvalue weighted by Crippen LogP contribution is -2.21. The zero-order chi connectivity index (χ0) is 17.9. The zero-order valence-corrected chi connectivity index (χ0v) is 15.2. The molecule has 0 saturated carbocycles. The third-order valence-electron chi connectivity index (χ3n) is 3.21. The highest BCUT2D eigenvalue weighted by molar-refractivity contribution is 5.63. The van der Waals surface area contributed by atoms with Crippen LogP contribution >= 0.6 is 0 Å². The van der Waals surface area contributed by atoms with Crippen molar-refractivity contribution in [1.29, 1.82) is 0 Å². The number of nitrogens with zero attached hydrogens (tertiary/aromatic N) is 3. The molecule has 1 aromatic heterocycles. The first-order valence-corrected chi connectivity index (χ1v) is 8.58. The molecule has 24 heavy (non-hydrogen) atoms. The Morgan fingerprint density at radius 2 is 0.875 bits per heavy atom. The fraction of sp³-hybridized carbons (Fsp3) is 0.500. The van der Waals surface area contributed by atoms with E-state index in [-0.39, 0.29) is 0 Å². The molecule has 0 unspecified atom stereocenters. The largest absolute Gasteiger partial charge is 0.382 e. The van der Waals surface area contributed by atoms with Gasteiger partial charge in [0.15, 0.2) is 17.5 Å². The molecule has 0 aliphatic carbocycles. The first-order valence-electron chi connectivity index (χ1n) is 8.58. The smallest absolute Gasteiger partial charge is 0.179 e. The predicted octanol–water partition coefficient (Wildman–Crippen LogP) is 2.78. The Bertz CT molecular complexity index is 486. The quantitative estimate of drug-likeness (QED) is 0.547. The van der Waals surface area contributed by atoms with Gasteiger partial charge in [-0.1, -0.05) is 40.5 Å². The molecule has 0 atom stereocenters. The maximum Gasteiger partial charge on any atom is 0.179 e. The summed E-state index contributed by atoms with van der Waals surface area (Å²) in [6.07, 6.45) is 3.00. The third kappa shape index (κ3) is 6.02.